The van der Waals surface area contributed by atoms with Crippen molar-refractivity contribution in [3.05, 3.63) is 30.1 Å². The van der Waals surface area contributed by atoms with Gasteiger partial charge in [-0.15, -0.1) is 0 Å². The minimum atomic E-state index is -0.456. The number of rotatable bonds is 3. The number of nitrogens with two attached hydrogens (primary N) is 1. The third-order valence-electron chi connectivity index (χ3n) is 1.50. The highest BCUT2D eigenvalue weighted by Crippen LogP contribution is 1.91. The van der Waals surface area contributed by atoms with E-state index in [1.807, 2.05) is 0 Å². The van der Waals surface area contributed by atoms with Crippen LogP contribution in [0.5, 0.6) is 0 Å². The van der Waals surface area contributed by atoms with Gasteiger partial charge in [0.25, 0.3) is 5.91 Å². The topological polar surface area (TPSA) is 67.2 Å². The predicted molar refractivity (Wildman–Crippen MR) is 42.2 cm³/mol. The summed E-state index contributed by atoms with van der Waals surface area (Å²) in [5, 5.41) is 8.61. The Balaban J connectivity index is 0.00000144. The van der Waals surface area contributed by atoms with Crippen molar-refractivity contribution in [2.45, 2.75) is 6.54 Å². The maximum Gasteiger partial charge on any atom is 0.254 e. The van der Waals surface area contributed by atoms with Gasteiger partial charge in [-0.3, -0.25) is 4.79 Å². The third kappa shape index (κ3) is 3.40. The summed E-state index contributed by atoms with van der Waals surface area (Å²) >= 11 is 0. The molecule has 0 aliphatic heterocycles. The Morgan fingerprint density at radius 1 is 1.62 bits per heavy atom. The molecule has 0 saturated carbocycles. The second-order valence-electron chi connectivity index (χ2n) is 2.42. The number of aliphatic hydroxyl groups is 1. The van der Waals surface area contributed by atoms with E-state index in [0.29, 0.717) is 12.1 Å². The lowest BCUT2D eigenvalue weighted by atomic mass is 10.3. The SMILES string of the molecule is NC(=O)c1ccc[n+](CCO)c1.[Cl-]. The van der Waals surface area contributed by atoms with E-state index in [1.54, 1.807) is 29.1 Å². The fraction of sp³-hybridized carbons (Fsp3) is 0.250. The van der Waals surface area contributed by atoms with E-state index in [0.717, 1.165) is 0 Å². The van der Waals surface area contributed by atoms with Gasteiger partial charge in [0.1, 0.15) is 12.2 Å². The van der Waals surface area contributed by atoms with E-state index in [2.05, 4.69) is 0 Å². The molecule has 1 amide bonds. The summed E-state index contributed by atoms with van der Waals surface area (Å²) in [7, 11) is 0. The van der Waals surface area contributed by atoms with Crippen LogP contribution >= 0.6 is 0 Å². The number of nitrogens with zero attached hydrogens (tertiary/aromatic N) is 1. The van der Waals surface area contributed by atoms with Crippen molar-refractivity contribution in [2.75, 3.05) is 6.61 Å². The van der Waals surface area contributed by atoms with Crippen LogP contribution in [0, 0.1) is 0 Å². The Morgan fingerprint density at radius 3 is 2.85 bits per heavy atom. The van der Waals surface area contributed by atoms with Crippen molar-refractivity contribution in [2.24, 2.45) is 5.73 Å². The van der Waals surface area contributed by atoms with Crippen molar-refractivity contribution in [3.8, 4) is 0 Å². The van der Waals surface area contributed by atoms with Crippen LogP contribution in [0.1, 0.15) is 10.4 Å². The maximum atomic E-state index is 10.7. The number of carbonyl (C=O) groups is 1. The number of hydrogen-bond acceptors (Lipinski definition) is 2. The molecule has 0 bridgehead atoms. The molecule has 0 fully saturated rings. The average molecular weight is 203 g/mol. The Bertz CT molecular complexity index is 291. The van der Waals surface area contributed by atoms with E-state index >= 15 is 0 Å². The van der Waals surface area contributed by atoms with E-state index in [1.165, 1.54) is 0 Å². The molecule has 1 aromatic rings. The highest BCUT2D eigenvalue weighted by Gasteiger charge is 2.05. The molecule has 72 valence electrons. The number of aromatic nitrogens is 1. The van der Waals surface area contributed by atoms with E-state index in [4.69, 9.17) is 10.8 Å². The Labute approximate surface area is 82.4 Å². The molecule has 0 aliphatic rings. The van der Waals surface area contributed by atoms with Gasteiger partial charge in [0.05, 0.1) is 0 Å². The zero-order valence-electron chi connectivity index (χ0n) is 6.98. The zero-order valence-corrected chi connectivity index (χ0v) is 7.74. The monoisotopic (exact) mass is 202 g/mol. The van der Waals surface area contributed by atoms with E-state index in [-0.39, 0.29) is 19.0 Å². The van der Waals surface area contributed by atoms with Gasteiger partial charge >= 0.3 is 0 Å². The fourth-order valence-corrected chi connectivity index (χ4v) is 0.922. The lowest BCUT2D eigenvalue weighted by Crippen LogP contribution is -3.00. The molecule has 0 atom stereocenters. The van der Waals surface area contributed by atoms with Gasteiger partial charge < -0.3 is 23.2 Å². The number of hydrogen-bond donors (Lipinski definition) is 2. The molecule has 0 saturated heterocycles. The molecule has 1 aromatic heterocycles. The van der Waals surface area contributed by atoms with Gasteiger partial charge in [0.15, 0.2) is 18.9 Å². The summed E-state index contributed by atoms with van der Waals surface area (Å²) < 4.78 is 1.71. The second-order valence-corrected chi connectivity index (χ2v) is 2.42. The summed E-state index contributed by atoms with van der Waals surface area (Å²) in [6.07, 6.45) is 3.38. The smallest absolute Gasteiger partial charge is 0.254 e. The number of carbonyl (C=O) groups excluding carboxylic acids is 1. The first-order chi connectivity index (χ1) is 5.74. The quantitative estimate of drug-likeness (QED) is 0.492. The molecule has 5 heteroatoms. The molecule has 0 aliphatic carbocycles. The molecular weight excluding hydrogens is 192 g/mol. The molecule has 0 unspecified atom stereocenters. The van der Waals surface area contributed by atoms with Crippen LogP contribution in [-0.4, -0.2) is 17.6 Å². The van der Waals surface area contributed by atoms with Crippen molar-refractivity contribution < 1.29 is 26.9 Å². The first kappa shape index (κ1) is 11.9. The van der Waals surface area contributed by atoms with Crippen LogP contribution in [0.15, 0.2) is 24.5 Å². The molecule has 3 N–H and O–H groups in total. The number of halogens is 1. The largest absolute Gasteiger partial charge is 1.00 e. The lowest BCUT2D eigenvalue weighted by molar-refractivity contribution is -0.698. The van der Waals surface area contributed by atoms with Gasteiger partial charge in [-0.25, -0.2) is 4.57 Å². The first-order valence-electron chi connectivity index (χ1n) is 3.64. The number of aliphatic hydroxyl groups excluding tert-OH is 1. The van der Waals surface area contributed by atoms with Crippen LogP contribution < -0.4 is 22.7 Å². The summed E-state index contributed by atoms with van der Waals surface area (Å²) in [5.41, 5.74) is 5.51. The standard InChI is InChI=1S/C8H10N2O2.ClH/c9-8(12)7-2-1-3-10(6-7)4-5-11;/h1-3,6,11H,4-5H2,(H-,9,12);1H. The van der Waals surface area contributed by atoms with Crippen LogP contribution in [0.4, 0.5) is 0 Å². The number of pyridine rings is 1. The summed E-state index contributed by atoms with van der Waals surface area (Å²) in [6.45, 7) is 0.522. The van der Waals surface area contributed by atoms with Gasteiger partial charge in [-0.05, 0) is 6.07 Å². The number of amides is 1. The van der Waals surface area contributed by atoms with Crippen molar-refractivity contribution in [1.82, 2.24) is 0 Å². The fourth-order valence-electron chi connectivity index (χ4n) is 0.922. The van der Waals surface area contributed by atoms with Crippen LogP contribution in [0.3, 0.4) is 0 Å². The summed E-state index contributed by atoms with van der Waals surface area (Å²) in [5.74, 6) is -0.456. The second kappa shape index (κ2) is 5.50. The molecule has 0 spiro atoms. The average Bonchev–Trinajstić information content (AvgIpc) is 2.05. The normalized spacial score (nSPS) is 9.00. The van der Waals surface area contributed by atoms with Crippen molar-refractivity contribution >= 4 is 5.91 Å². The van der Waals surface area contributed by atoms with Gasteiger partial charge in [0, 0.05) is 6.07 Å². The Hall–Kier alpha value is -1.13. The van der Waals surface area contributed by atoms with Gasteiger partial charge in [0.2, 0.25) is 0 Å². The first-order valence-corrected chi connectivity index (χ1v) is 3.64. The summed E-state index contributed by atoms with van der Waals surface area (Å²) in [6, 6.07) is 3.35. The Kier molecular flexibility index (Phi) is 5.03. The van der Waals surface area contributed by atoms with Gasteiger partial charge in [-0.1, -0.05) is 0 Å². The van der Waals surface area contributed by atoms with Crippen LogP contribution in [-0.2, 0) is 6.54 Å². The highest BCUT2D eigenvalue weighted by atomic mass is 35.5. The molecule has 4 nitrogen and oxygen atoms in total. The zero-order chi connectivity index (χ0) is 8.97. The highest BCUT2D eigenvalue weighted by molar-refractivity contribution is 5.92. The molecule has 0 aromatic carbocycles. The van der Waals surface area contributed by atoms with Gasteiger partial charge in [-0.2, -0.15) is 0 Å². The predicted octanol–water partition coefficient (Wildman–Crippen LogP) is -3.93. The summed E-state index contributed by atoms with van der Waals surface area (Å²) in [4.78, 5) is 10.7. The Morgan fingerprint density at radius 2 is 2.31 bits per heavy atom. The van der Waals surface area contributed by atoms with E-state index < -0.39 is 5.91 Å². The maximum absolute atomic E-state index is 10.7. The molecule has 1 rings (SSSR count). The molecular formula is C8H11ClN2O2. The minimum absolute atomic E-state index is 0. The molecule has 13 heavy (non-hydrogen) atoms. The third-order valence-corrected chi connectivity index (χ3v) is 1.50. The van der Waals surface area contributed by atoms with Crippen LogP contribution in [0.2, 0.25) is 0 Å². The number of primary amides is 1. The van der Waals surface area contributed by atoms with Crippen molar-refractivity contribution in [1.29, 1.82) is 0 Å². The molecule has 0 radical (unpaired) electrons. The molecule has 1 heterocycles. The lowest BCUT2D eigenvalue weighted by Gasteiger charge is -1.94. The van der Waals surface area contributed by atoms with E-state index in [9.17, 15) is 4.79 Å². The van der Waals surface area contributed by atoms with Crippen molar-refractivity contribution in [3.63, 3.8) is 0 Å². The minimum Gasteiger partial charge on any atom is -1.00 e. The van der Waals surface area contributed by atoms with Crippen LogP contribution in [0.25, 0.3) is 0 Å².